The fourth-order valence-corrected chi connectivity index (χ4v) is 1.91. The predicted octanol–water partition coefficient (Wildman–Crippen LogP) is 2.46. The van der Waals surface area contributed by atoms with Crippen molar-refractivity contribution in [2.75, 3.05) is 11.9 Å². The Morgan fingerprint density at radius 1 is 1.67 bits per heavy atom. The first kappa shape index (κ1) is 10.4. The van der Waals surface area contributed by atoms with Gasteiger partial charge in [-0.05, 0) is 12.8 Å². The average Bonchev–Trinajstić information content (AvgIpc) is 2.59. The van der Waals surface area contributed by atoms with Gasteiger partial charge in [0, 0.05) is 12.6 Å². The van der Waals surface area contributed by atoms with Gasteiger partial charge in [0.1, 0.15) is 11.9 Å². The molecule has 2 heterocycles. The molecule has 15 heavy (non-hydrogen) atoms. The van der Waals surface area contributed by atoms with E-state index in [0.717, 1.165) is 24.4 Å². The second-order valence-corrected chi connectivity index (χ2v) is 3.83. The standard InChI is InChI=1S/C10H15F2N3/c1-2-3-7-6-9-13-5-4-8(10(11)12)15(9)14-7/h6,8,10,13H,2-5H2,1H3. The number of rotatable bonds is 3. The van der Waals surface area contributed by atoms with E-state index in [4.69, 9.17) is 0 Å². The van der Waals surface area contributed by atoms with E-state index in [-0.39, 0.29) is 0 Å². The minimum atomic E-state index is -2.33. The number of fused-ring (bicyclic) bond motifs is 1. The van der Waals surface area contributed by atoms with E-state index in [1.54, 1.807) is 0 Å². The van der Waals surface area contributed by atoms with Gasteiger partial charge in [0.25, 0.3) is 6.43 Å². The summed E-state index contributed by atoms with van der Waals surface area (Å²) in [6.07, 6.45) is -0.0639. The van der Waals surface area contributed by atoms with Crippen LogP contribution in [0.15, 0.2) is 6.07 Å². The van der Waals surface area contributed by atoms with Crippen LogP contribution in [-0.4, -0.2) is 22.8 Å². The first-order valence-corrected chi connectivity index (χ1v) is 5.32. The molecule has 0 spiro atoms. The second kappa shape index (κ2) is 4.16. The number of hydrogen-bond donors (Lipinski definition) is 1. The number of nitrogens with zero attached hydrogens (tertiary/aromatic N) is 2. The molecule has 0 amide bonds. The van der Waals surface area contributed by atoms with Crippen LogP contribution < -0.4 is 5.32 Å². The van der Waals surface area contributed by atoms with Crippen LogP contribution in [0.2, 0.25) is 0 Å². The van der Waals surface area contributed by atoms with Crippen LogP contribution in [0.5, 0.6) is 0 Å². The molecule has 1 aliphatic rings. The Kier molecular flexibility index (Phi) is 2.88. The average molecular weight is 215 g/mol. The van der Waals surface area contributed by atoms with E-state index >= 15 is 0 Å². The summed E-state index contributed by atoms with van der Waals surface area (Å²) in [6, 6.07) is 1.12. The maximum atomic E-state index is 12.7. The molecule has 1 unspecified atom stereocenters. The van der Waals surface area contributed by atoms with E-state index in [1.807, 2.05) is 6.07 Å². The smallest absolute Gasteiger partial charge is 0.260 e. The van der Waals surface area contributed by atoms with Gasteiger partial charge < -0.3 is 5.32 Å². The fraction of sp³-hybridized carbons (Fsp3) is 0.700. The molecular formula is C10H15F2N3. The quantitative estimate of drug-likeness (QED) is 0.839. The van der Waals surface area contributed by atoms with Crippen LogP contribution in [0.1, 0.15) is 31.5 Å². The topological polar surface area (TPSA) is 29.9 Å². The highest BCUT2D eigenvalue weighted by atomic mass is 19.3. The third kappa shape index (κ3) is 1.96. The molecule has 0 fully saturated rings. The molecule has 0 aromatic carbocycles. The van der Waals surface area contributed by atoms with Crippen molar-refractivity contribution in [3.05, 3.63) is 11.8 Å². The van der Waals surface area contributed by atoms with Gasteiger partial charge in [-0.2, -0.15) is 5.10 Å². The maximum Gasteiger partial charge on any atom is 0.260 e. The zero-order chi connectivity index (χ0) is 10.8. The van der Waals surface area contributed by atoms with Crippen molar-refractivity contribution in [1.29, 1.82) is 0 Å². The van der Waals surface area contributed by atoms with Gasteiger partial charge in [0.15, 0.2) is 0 Å². The van der Waals surface area contributed by atoms with Crippen molar-refractivity contribution in [2.24, 2.45) is 0 Å². The van der Waals surface area contributed by atoms with Gasteiger partial charge in [-0.25, -0.2) is 13.5 Å². The molecule has 1 aliphatic heterocycles. The summed E-state index contributed by atoms with van der Waals surface area (Å²) in [5.74, 6) is 0.731. The number of alkyl halides is 2. The van der Waals surface area contributed by atoms with Crippen molar-refractivity contribution in [1.82, 2.24) is 9.78 Å². The number of aryl methyl sites for hydroxylation is 1. The van der Waals surface area contributed by atoms with Crippen LogP contribution in [0.25, 0.3) is 0 Å². The summed E-state index contributed by atoms with van der Waals surface area (Å²) < 4.78 is 26.9. The minimum absolute atomic E-state index is 0.442. The third-order valence-corrected chi connectivity index (χ3v) is 2.64. The van der Waals surface area contributed by atoms with Crippen LogP contribution >= 0.6 is 0 Å². The second-order valence-electron chi connectivity index (χ2n) is 3.83. The molecule has 1 N–H and O–H groups in total. The predicted molar refractivity (Wildman–Crippen MR) is 54.4 cm³/mol. The Balaban J connectivity index is 2.26. The largest absolute Gasteiger partial charge is 0.370 e. The third-order valence-electron chi connectivity index (χ3n) is 2.64. The van der Waals surface area contributed by atoms with Gasteiger partial charge in [0.05, 0.1) is 5.69 Å². The summed E-state index contributed by atoms with van der Waals surface area (Å²) in [6.45, 7) is 2.66. The number of hydrogen-bond acceptors (Lipinski definition) is 2. The molecule has 84 valence electrons. The fourth-order valence-electron chi connectivity index (χ4n) is 1.91. The van der Waals surface area contributed by atoms with Crippen molar-refractivity contribution in [3.63, 3.8) is 0 Å². The van der Waals surface area contributed by atoms with E-state index in [0.29, 0.717) is 13.0 Å². The lowest BCUT2D eigenvalue weighted by Gasteiger charge is -2.24. The molecule has 0 bridgehead atoms. The first-order chi connectivity index (χ1) is 7.22. The number of nitrogens with one attached hydrogen (secondary N) is 1. The molecule has 0 radical (unpaired) electrons. The summed E-state index contributed by atoms with van der Waals surface area (Å²) >= 11 is 0. The lowest BCUT2D eigenvalue weighted by Crippen LogP contribution is -2.28. The Bertz CT molecular complexity index is 335. The number of aromatic nitrogens is 2. The molecule has 2 rings (SSSR count). The molecule has 1 atom stereocenters. The monoisotopic (exact) mass is 215 g/mol. The molecule has 3 nitrogen and oxygen atoms in total. The highest BCUT2D eigenvalue weighted by Gasteiger charge is 2.28. The molecule has 0 saturated carbocycles. The normalized spacial score (nSPS) is 20.1. The van der Waals surface area contributed by atoms with E-state index < -0.39 is 12.5 Å². The van der Waals surface area contributed by atoms with E-state index in [2.05, 4.69) is 17.3 Å². The molecule has 1 aromatic heterocycles. The Morgan fingerprint density at radius 3 is 3.13 bits per heavy atom. The van der Waals surface area contributed by atoms with Crippen LogP contribution in [-0.2, 0) is 6.42 Å². The first-order valence-electron chi connectivity index (χ1n) is 5.32. The number of halogens is 2. The van der Waals surface area contributed by atoms with Crippen LogP contribution in [0.3, 0.4) is 0 Å². The molecular weight excluding hydrogens is 200 g/mol. The van der Waals surface area contributed by atoms with Crippen molar-refractivity contribution < 1.29 is 8.78 Å². The van der Waals surface area contributed by atoms with Crippen molar-refractivity contribution in [2.45, 2.75) is 38.7 Å². The summed E-state index contributed by atoms with van der Waals surface area (Å²) in [4.78, 5) is 0. The maximum absolute atomic E-state index is 12.7. The van der Waals surface area contributed by atoms with Gasteiger partial charge >= 0.3 is 0 Å². The molecule has 0 aliphatic carbocycles. The minimum Gasteiger partial charge on any atom is -0.370 e. The number of anilines is 1. The van der Waals surface area contributed by atoms with E-state index in [9.17, 15) is 8.78 Å². The summed E-state index contributed by atoms with van der Waals surface area (Å²) in [5, 5.41) is 7.31. The Hall–Kier alpha value is -1.13. The Labute approximate surface area is 87.5 Å². The van der Waals surface area contributed by atoms with Crippen LogP contribution in [0, 0.1) is 0 Å². The highest BCUT2D eigenvalue weighted by Crippen LogP contribution is 2.28. The SMILES string of the molecule is CCCc1cc2n(n1)C(C(F)F)CCN2. The zero-order valence-corrected chi connectivity index (χ0v) is 8.71. The van der Waals surface area contributed by atoms with Crippen molar-refractivity contribution >= 4 is 5.82 Å². The molecule has 1 aromatic rings. The zero-order valence-electron chi connectivity index (χ0n) is 8.71. The molecule has 5 heteroatoms. The van der Waals surface area contributed by atoms with Crippen LogP contribution in [0.4, 0.5) is 14.6 Å². The van der Waals surface area contributed by atoms with Gasteiger partial charge in [-0.15, -0.1) is 0 Å². The van der Waals surface area contributed by atoms with E-state index in [1.165, 1.54) is 4.68 Å². The molecule has 0 saturated heterocycles. The van der Waals surface area contributed by atoms with Crippen molar-refractivity contribution in [3.8, 4) is 0 Å². The van der Waals surface area contributed by atoms with Gasteiger partial charge in [-0.1, -0.05) is 13.3 Å². The van der Waals surface area contributed by atoms with Gasteiger partial charge in [-0.3, -0.25) is 0 Å². The summed E-state index contributed by atoms with van der Waals surface area (Å²) in [5.41, 5.74) is 0.896. The Morgan fingerprint density at radius 2 is 2.47 bits per heavy atom. The highest BCUT2D eigenvalue weighted by molar-refractivity contribution is 5.39. The summed E-state index contributed by atoms with van der Waals surface area (Å²) in [7, 11) is 0. The lowest BCUT2D eigenvalue weighted by molar-refractivity contribution is 0.0713. The van der Waals surface area contributed by atoms with Gasteiger partial charge in [0.2, 0.25) is 0 Å². The lowest BCUT2D eigenvalue weighted by atomic mass is 10.2.